The minimum atomic E-state index is 0.417. The molecule has 16 heavy (non-hydrogen) atoms. The summed E-state index contributed by atoms with van der Waals surface area (Å²) in [5.74, 6) is 3.75. The molecule has 1 N–H and O–H groups in total. The van der Waals surface area contributed by atoms with E-state index in [1.54, 1.807) is 0 Å². The van der Waals surface area contributed by atoms with E-state index in [4.69, 9.17) is 4.74 Å². The van der Waals surface area contributed by atoms with Gasteiger partial charge in [-0.2, -0.15) is 23.5 Å². The first-order valence-electron chi connectivity index (χ1n) is 6.12. The number of ether oxygens (including phenoxy) is 1. The maximum atomic E-state index is 5.75. The van der Waals surface area contributed by atoms with Gasteiger partial charge in [0.1, 0.15) is 5.76 Å². The van der Waals surface area contributed by atoms with E-state index in [1.165, 1.54) is 17.3 Å². The van der Waals surface area contributed by atoms with Gasteiger partial charge in [0.05, 0.1) is 12.6 Å². The summed E-state index contributed by atoms with van der Waals surface area (Å²) in [6.07, 6.45) is 3.34. The molecule has 0 bridgehead atoms. The van der Waals surface area contributed by atoms with Crippen molar-refractivity contribution in [3.05, 3.63) is 11.8 Å². The fraction of sp³-hybridized carbons (Fsp3) is 0.833. The van der Waals surface area contributed by atoms with Gasteiger partial charge in [0.25, 0.3) is 0 Å². The molecule has 0 aromatic heterocycles. The van der Waals surface area contributed by atoms with Gasteiger partial charge in [0.15, 0.2) is 0 Å². The Kier molecular flexibility index (Phi) is 4.92. The molecule has 1 fully saturated rings. The monoisotopic (exact) mass is 259 g/mol. The minimum Gasteiger partial charge on any atom is -0.496 e. The van der Waals surface area contributed by atoms with Crippen LogP contribution < -0.4 is 5.32 Å². The summed E-state index contributed by atoms with van der Waals surface area (Å²) < 4.78 is 5.75. The van der Waals surface area contributed by atoms with Crippen LogP contribution in [-0.4, -0.2) is 41.2 Å². The van der Waals surface area contributed by atoms with Crippen LogP contribution in [0.3, 0.4) is 0 Å². The number of rotatable bonds is 4. The lowest BCUT2D eigenvalue weighted by Gasteiger charge is -2.35. The second kappa shape index (κ2) is 6.22. The Hall–Kier alpha value is 0.200. The third-order valence-corrected chi connectivity index (χ3v) is 6.22. The predicted octanol–water partition coefficient (Wildman–Crippen LogP) is 2.51. The molecule has 2 aliphatic heterocycles. The molecule has 2 nitrogen and oxygen atoms in total. The van der Waals surface area contributed by atoms with Crippen molar-refractivity contribution in [3.8, 4) is 0 Å². The Morgan fingerprint density at radius 3 is 2.94 bits per heavy atom. The van der Waals surface area contributed by atoms with E-state index in [1.807, 2.05) is 0 Å². The zero-order chi connectivity index (χ0) is 11.4. The van der Waals surface area contributed by atoms with Crippen LogP contribution in [-0.2, 0) is 4.74 Å². The van der Waals surface area contributed by atoms with Crippen molar-refractivity contribution in [2.75, 3.05) is 24.7 Å². The Morgan fingerprint density at radius 1 is 1.50 bits per heavy atom. The Bertz CT molecular complexity index is 257. The molecule has 0 spiro atoms. The van der Waals surface area contributed by atoms with Gasteiger partial charge >= 0.3 is 0 Å². The topological polar surface area (TPSA) is 21.3 Å². The molecule has 0 radical (unpaired) electrons. The first kappa shape index (κ1) is 12.7. The van der Waals surface area contributed by atoms with Crippen LogP contribution in [0, 0.1) is 0 Å². The van der Waals surface area contributed by atoms with Crippen LogP contribution in [0.15, 0.2) is 11.8 Å². The van der Waals surface area contributed by atoms with E-state index < -0.39 is 0 Å². The molecule has 0 amide bonds. The van der Waals surface area contributed by atoms with E-state index in [0.717, 1.165) is 19.6 Å². The maximum absolute atomic E-state index is 5.75. The molecular formula is C12H21NOS2. The molecule has 0 aliphatic carbocycles. The quantitative estimate of drug-likeness (QED) is 0.837. The molecule has 2 heterocycles. The second-order valence-electron chi connectivity index (χ2n) is 4.19. The van der Waals surface area contributed by atoms with E-state index >= 15 is 0 Å². The molecule has 4 heteroatoms. The number of hydrogen-bond acceptors (Lipinski definition) is 4. The van der Waals surface area contributed by atoms with Crippen LogP contribution >= 0.6 is 23.5 Å². The van der Waals surface area contributed by atoms with Crippen molar-refractivity contribution >= 4 is 23.5 Å². The number of thioether (sulfide) groups is 2. The summed E-state index contributed by atoms with van der Waals surface area (Å²) in [4.78, 5) is 0. The third-order valence-electron chi connectivity index (χ3n) is 3.03. The first-order chi connectivity index (χ1) is 7.83. The molecule has 0 aromatic carbocycles. The molecular weight excluding hydrogens is 238 g/mol. The SMILES string of the molecule is CCNC(C1=CCCO1)C1SCCSC1C. The lowest BCUT2D eigenvalue weighted by atomic mass is 10.1. The molecule has 3 unspecified atom stereocenters. The van der Waals surface area contributed by atoms with Gasteiger partial charge in [-0.1, -0.05) is 13.8 Å². The van der Waals surface area contributed by atoms with Gasteiger partial charge < -0.3 is 10.1 Å². The summed E-state index contributed by atoms with van der Waals surface area (Å²) in [6, 6.07) is 0.417. The fourth-order valence-electron chi connectivity index (χ4n) is 2.27. The van der Waals surface area contributed by atoms with E-state index in [9.17, 15) is 0 Å². The fourth-order valence-corrected chi connectivity index (χ4v) is 5.19. The van der Waals surface area contributed by atoms with Crippen molar-refractivity contribution < 1.29 is 4.74 Å². The van der Waals surface area contributed by atoms with Crippen LogP contribution in [0.2, 0.25) is 0 Å². The molecule has 2 rings (SSSR count). The zero-order valence-electron chi connectivity index (χ0n) is 10.1. The van der Waals surface area contributed by atoms with Gasteiger partial charge in [0.2, 0.25) is 0 Å². The zero-order valence-corrected chi connectivity index (χ0v) is 11.7. The van der Waals surface area contributed by atoms with Crippen molar-refractivity contribution in [2.24, 2.45) is 0 Å². The van der Waals surface area contributed by atoms with Crippen molar-refractivity contribution in [1.29, 1.82) is 0 Å². The Balaban J connectivity index is 2.04. The van der Waals surface area contributed by atoms with Gasteiger partial charge in [0, 0.05) is 28.4 Å². The average molecular weight is 259 g/mol. The van der Waals surface area contributed by atoms with Crippen LogP contribution in [0.4, 0.5) is 0 Å². The first-order valence-corrected chi connectivity index (χ1v) is 8.22. The van der Waals surface area contributed by atoms with E-state index in [-0.39, 0.29) is 0 Å². The smallest absolute Gasteiger partial charge is 0.110 e. The van der Waals surface area contributed by atoms with Gasteiger partial charge in [-0.25, -0.2) is 0 Å². The average Bonchev–Trinajstić information content (AvgIpc) is 2.80. The second-order valence-corrected chi connectivity index (χ2v) is 6.96. The van der Waals surface area contributed by atoms with Gasteiger partial charge in [-0.15, -0.1) is 0 Å². The van der Waals surface area contributed by atoms with Crippen LogP contribution in [0.1, 0.15) is 20.3 Å². The number of likely N-dealkylation sites (N-methyl/N-ethyl adjacent to an activating group) is 1. The van der Waals surface area contributed by atoms with Gasteiger partial charge in [-0.05, 0) is 12.6 Å². The number of nitrogens with one attached hydrogen (secondary N) is 1. The summed E-state index contributed by atoms with van der Waals surface area (Å²) in [5, 5.41) is 4.97. The summed E-state index contributed by atoms with van der Waals surface area (Å²) in [7, 11) is 0. The predicted molar refractivity (Wildman–Crippen MR) is 74.3 cm³/mol. The van der Waals surface area contributed by atoms with Crippen LogP contribution in [0.25, 0.3) is 0 Å². The molecule has 3 atom stereocenters. The Labute approximate surface area is 107 Å². The highest BCUT2D eigenvalue weighted by Gasteiger charge is 2.33. The highest BCUT2D eigenvalue weighted by molar-refractivity contribution is 8.07. The van der Waals surface area contributed by atoms with Crippen molar-refractivity contribution in [1.82, 2.24) is 5.32 Å². The molecule has 0 aromatic rings. The standard InChI is InChI=1S/C12H21NOS2/c1-3-13-11(10-5-4-6-14-10)12-9(2)15-7-8-16-12/h5,9,11-13H,3-4,6-8H2,1-2H3. The summed E-state index contributed by atoms with van der Waals surface area (Å²) in [5.41, 5.74) is 0. The summed E-state index contributed by atoms with van der Waals surface area (Å²) in [6.45, 7) is 6.41. The highest BCUT2D eigenvalue weighted by Crippen LogP contribution is 2.35. The van der Waals surface area contributed by atoms with Crippen molar-refractivity contribution in [3.63, 3.8) is 0 Å². The van der Waals surface area contributed by atoms with Gasteiger partial charge in [-0.3, -0.25) is 0 Å². The number of hydrogen-bond donors (Lipinski definition) is 1. The third kappa shape index (κ3) is 2.90. The Morgan fingerprint density at radius 2 is 2.31 bits per heavy atom. The largest absolute Gasteiger partial charge is 0.496 e. The van der Waals surface area contributed by atoms with Crippen LogP contribution in [0.5, 0.6) is 0 Å². The lowest BCUT2D eigenvalue weighted by molar-refractivity contribution is 0.214. The lowest BCUT2D eigenvalue weighted by Crippen LogP contribution is -2.45. The van der Waals surface area contributed by atoms with E-state index in [2.05, 4.69) is 48.8 Å². The summed E-state index contributed by atoms with van der Waals surface area (Å²) >= 11 is 4.20. The highest BCUT2D eigenvalue weighted by atomic mass is 32.2. The molecule has 92 valence electrons. The maximum Gasteiger partial charge on any atom is 0.110 e. The minimum absolute atomic E-state index is 0.417. The molecule has 0 saturated carbocycles. The molecule has 2 aliphatic rings. The molecule has 1 saturated heterocycles. The van der Waals surface area contributed by atoms with E-state index in [0.29, 0.717) is 16.5 Å². The van der Waals surface area contributed by atoms with Crippen molar-refractivity contribution in [2.45, 2.75) is 36.8 Å². The normalized spacial score (nSPS) is 32.0.